The maximum absolute atomic E-state index is 8.37. The van der Waals surface area contributed by atoms with Crippen molar-refractivity contribution in [2.45, 2.75) is 19.4 Å². The second-order valence-corrected chi connectivity index (χ2v) is 2.50. The highest BCUT2D eigenvalue weighted by Gasteiger charge is 2.31. The Morgan fingerprint density at radius 2 is 2.38 bits per heavy atom. The van der Waals surface area contributed by atoms with E-state index in [0.29, 0.717) is 6.04 Å². The second-order valence-electron chi connectivity index (χ2n) is 2.50. The molecule has 2 atom stereocenters. The lowest BCUT2D eigenvalue weighted by Crippen LogP contribution is -2.21. The van der Waals surface area contributed by atoms with Gasteiger partial charge in [-0.15, -0.1) is 0 Å². The van der Waals surface area contributed by atoms with Crippen molar-refractivity contribution < 1.29 is 5.11 Å². The van der Waals surface area contributed by atoms with Gasteiger partial charge in [-0.05, 0) is 12.3 Å². The Bertz CT molecular complexity index is 74.9. The summed E-state index contributed by atoms with van der Waals surface area (Å²) in [7, 11) is 0. The summed E-state index contributed by atoms with van der Waals surface area (Å²) < 4.78 is 0. The molecule has 0 saturated heterocycles. The van der Waals surface area contributed by atoms with E-state index < -0.39 is 0 Å². The summed E-state index contributed by atoms with van der Waals surface area (Å²) >= 11 is 0. The molecule has 0 radical (unpaired) electrons. The normalized spacial score (nSPS) is 35.2. The molecule has 0 heterocycles. The topological polar surface area (TPSA) is 32.3 Å². The number of rotatable bonds is 3. The molecule has 1 saturated carbocycles. The first-order chi connectivity index (χ1) is 3.84. The highest BCUT2D eigenvalue weighted by atomic mass is 16.3. The molecule has 0 bridgehead atoms. The number of hydrogen-bond acceptors (Lipinski definition) is 2. The Hall–Kier alpha value is -0.0800. The molecular weight excluding hydrogens is 102 g/mol. The standard InChI is InChI=1S/C6H13NO/c1-5-4-6(5)7-2-3-8/h5-8H,2-4H2,1H3. The van der Waals surface area contributed by atoms with Gasteiger partial charge < -0.3 is 10.4 Å². The quantitative estimate of drug-likeness (QED) is 0.541. The summed E-state index contributed by atoms with van der Waals surface area (Å²) in [5, 5.41) is 11.6. The van der Waals surface area contributed by atoms with Crippen LogP contribution in [-0.2, 0) is 0 Å². The molecule has 1 rings (SSSR count). The van der Waals surface area contributed by atoms with Gasteiger partial charge in [-0.3, -0.25) is 0 Å². The molecular formula is C6H13NO. The minimum atomic E-state index is 0.267. The van der Waals surface area contributed by atoms with E-state index in [-0.39, 0.29) is 6.61 Å². The zero-order chi connectivity index (χ0) is 5.98. The first kappa shape index (κ1) is 6.05. The lowest BCUT2D eigenvalue weighted by molar-refractivity contribution is 0.291. The SMILES string of the molecule is CC1CC1NCCO. The fourth-order valence-corrected chi connectivity index (χ4v) is 0.856. The van der Waals surface area contributed by atoms with E-state index in [2.05, 4.69) is 12.2 Å². The van der Waals surface area contributed by atoms with Crippen molar-refractivity contribution in [3.63, 3.8) is 0 Å². The monoisotopic (exact) mass is 115 g/mol. The molecule has 2 N–H and O–H groups in total. The first-order valence-corrected chi connectivity index (χ1v) is 3.19. The molecule has 8 heavy (non-hydrogen) atoms. The first-order valence-electron chi connectivity index (χ1n) is 3.19. The van der Waals surface area contributed by atoms with Gasteiger partial charge in [-0.25, -0.2) is 0 Å². The van der Waals surface area contributed by atoms with Crippen LogP contribution < -0.4 is 5.32 Å². The van der Waals surface area contributed by atoms with Crippen molar-refractivity contribution in [3.05, 3.63) is 0 Å². The van der Waals surface area contributed by atoms with Gasteiger partial charge in [0.2, 0.25) is 0 Å². The van der Waals surface area contributed by atoms with E-state index in [4.69, 9.17) is 5.11 Å². The van der Waals surface area contributed by atoms with E-state index in [1.54, 1.807) is 0 Å². The van der Waals surface area contributed by atoms with Gasteiger partial charge in [0.15, 0.2) is 0 Å². The summed E-state index contributed by atoms with van der Waals surface area (Å²) in [6, 6.07) is 0.710. The molecule has 48 valence electrons. The molecule has 0 aliphatic heterocycles. The van der Waals surface area contributed by atoms with Crippen LogP contribution >= 0.6 is 0 Å². The molecule has 2 unspecified atom stereocenters. The van der Waals surface area contributed by atoms with Gasteiger partial charge in [0.25, 0.3) is 0 Å². The largest absolute Gasteiger partial charge is 0.395 e. The minimum absolute atomic E-state index is 0.267. The van der Waals surface area contributed by atoms with Crippen molar-refractivity contribution in [2.24, 2.45) is 5.92 Å². The zero-order valence-corrected chi connectivity index (χ0v) is 5.22. The Labute approximate surface area is 49.9 Å². The molecule has 2 nitrogen and oxygen atoms in total. The molecule has 0 aromatic rings. The molecule has 2 heteroatoms. The van der Waals surface area contributed by atoms with E-state index in [0.717, 1.165) is 12.5 Å². The van der Waals surface area contributed by atoms with Crippen molar-refractivity contribution in [2.75, 3.05) is 13.2 Å². The third-order valence-electron chi connectivity index (χ3n) is 1.63. The van der Waals surface area contributed by atoms with Crippen LogP contribution in [0.25, 0.3) is 0 Å². The van der Waals surface area contributed by atoms with Crippen molar-refractivity contribution in [1.82, 2.24) is 5.32 Å². The third-order valence-corrected chi connectivity index (χ3v) is 1.63. The predicted molar refractivity (Wildman–Crippen MR) is 32.7 cm³/mol. The Morgan fingerprint density at radius 3 is 2.75 bits per heavy atom. The van der Waals surface area contributed by atoms with Crippen LogP contribution in [0, 0.1) is 5.92 Å². The van der Waals surface area contributed by atoms with Crippen LogP contribution in [0.2, 0.25) is 0 Å². The summed E-state index contributed by atoms with van der Waals surface area (Å²) in [5.74, 6) is 0.849. The maximum atomic E-state index is 8.37. The summed E-state index contributed by atoms with van der Waals surface area (Å²) in [5.41, 5.74) is 0. The smallest absolute Gasteiger partial charge is 0.0556 e. The van der Waals surface area contributed by atoms with Crippen LogP contribution in [0.4, 0.5) is 0 Å². The van der Waals surface area contributed by atoms with Gasteiger partial charge in [-0.1, -0.05) is 6.92 Å². The average molecular weight is 115 g/mol. The highest BCUT2D eigenvalue weighted by Crippen LogP contribution is 2.28. The number of hydrogen-bond donors (Lipinski definition) is 2. The lowest BCUT2D eigenvalue weighted by atomic mass is 10.5. The average Bonchev–Trinajstić information content (AvgIpc) is 2.42. The van der Waals surface area contributed by atoms with Crippen molar-refractivity contribution in [1.29, 1.82) is 0 Å². The lowest BCUT2D eigenvalue weighted by Gasteiger charge is -1.96. The van der Waals surface area contributed by atoms with E-state index >= 15 is 0 Å². The maximum Gasteiger partial charge on any atom is 0.0556 e. The van der Waals surface area contributed by atoms with Gasteiger partial charge >= 0.3 is 0 Å². The van der Waals surface area contributed by atoms with Crippen LogP contribution in [-0.4, -0.2) is 24.3 Å². The van der Waals surface area contributed by atoms with E-state index in [1.807, 2.05) is 0 Å². The summed E-state index contributed by atoms with van der Waals surface area (Å²) in [4.78, 5) is 0. The Balaban J connectivity index is 1.89. The minimum Gasteiger partial charge on any atom is -0.395 e. The van der Waals surface area contributed by atoms with Crippen LogP contribution in [0.3, 0.4) is 0 Å². The van der Waals surface area contributed by atoms with Gasteiger partial charge in [0.05, 0.1) is 6.61 Å². The number of aliphatic hydroxyl groups excluding tert-OH is 1. The van der Waals surface area contributed by atoms with Crippen LogP contribution in [0.15, 0.2) is 0 Å². The number of aliphatic hydroxyl groups is 1. The van der Waals surface area contributed by atoms with Crippen LogP contribution in [0.5, 0.6) is 0 Å². The Morgan fingerprint density at radius 1 is 1.75 bits per heavy atom. The van der Waals surface area contributed by atoms with Crippen molar-refractivity contribution in [3.8, 4) is 0 Å². The molecule has 1 fully saturated rings. The van der Waals surface area contributed by atoms with Gasteiger partial charge in [0.1, 0.15) is 0 Å². The van der Waals surface area contributed by atoms with Crippen LogP contribution in [0.1, 0.15) is 13.3 Å². The fourth-order valence-electron chi connectivity index (χ4n) is 0.856. The number of nitrogens with one attached hydrogen (secondary N) is 1. The molecule has 0 spiro atoms. The van der Waals surface area contributed by atoms with Gasteiger partial charge in [-0.2, -0.15) is 0 Å². The molecule has 0 amide bonds. The molecule has 0 aromatic heterocycles. The Kier molecular flexibility index (Phi) is 1.86. The summed E-state index contributed by atoms with van der Waals surface area (Å²) in [6.45, 7) is 3.24. The zero-order valence-electron chi connectivity index (χ0n) is 5.22. The molecule has 1 aliphatic carbocycles. The van der Waals surface area contributed by atoms with E-state index in [9.17, 15) is 0 Å². The molecule has 0 aromatic carbocycles. The third kappa shape index (κ3) is 1.46. The van der Waals surface area contributed by atoms with Crippen molar-refractivity contribution >= 4 is 0 Å². The van der Waals surface area contributed by atoms with Gasteiger partial charge in [0, 0.05) is 12.6 Å². The predicted octanol–water partition coefficient (Wildman–Crippen LogP) is -0.0233. The summed E-state index contributed by atoms with van der Waals surface area (Å²) in [6.07, 6.45) is 1.29. The second kappa shape index (κ2) is 2.46. The van der Waals surface area contributed by atoms with E-state index in [1.165, 1.54) is 6.42 Å². The highest BCUT2D eigenvalue weighted by molar-refractivity contribution is 4.89. The molecule has 1 aliphatic rings. The fraction of sp³-hybridized carbons (Fsp3) is 1.00.